The van der Waals surface area contributed by atoms with E-state index >= 15 is 0 Å². The summed E-state index contributed by atoms with van der Waals surface area (Å²) < 4.78 is 0. The molecule has 0 aromatic heterocycles. The quantitative estimate of drug-likeness (QED) is 0.0459. The lowest BCUT2D eigenvalue weighted by Gasteiger charge is -2.23. The van der Waals surface area contributed by atoms with Crippen molar-refractivity contribution in [3.8, 4) is 0 Å². The third-order valence-corrected chi connectivity index (χ3v) is 13.1. The molecule has 6 heteroatoms. The van der Waals surface area contributed by atoms with Crippen LogP contribution in [0.15, 0.2) is 192 Å². The Bertz CT molecular complexity index is 1680. The summed E-state index contributed by atoms with van der Waals surface area (Å²) in [6.45, 7) is 3.06. The summed E-state index contributed by atoms with van der Waals surface area (Å²) in [6, 6.07) is 64.4. The maximum Gasteiger partial charge on any atom is 0.129 e. The van der Waals surface area contributed by atoms with E-state index in [4.69, 9.17) is 9.98 Å². The smallest absolute Gasteiger partial charge is 0.129 e. The molecule has 6 rings (SSSR count). The van der Waals surface area contributed by atoms with Crippen molar-refractivity contribution in [3.05, 3.63) is 193 Å². The van der Waals surface area contributed by atoms with Gasteiger partial charge in [0.2, 0.25) is 0 Å². The Labute approximate surface area is 306 Å². The van der Waals surface area contributed by atoms with Crippen molar-refractivity contribution < 1.29 is 0 Å². The summed E-state index contributed by atoms with van der Waals surface area (Å²) in [5.74, 6) is 0. The first-order chi connectivity index (χ1) is 25.3. The lowest BCUT2D eigenvalue weighted by molar-refractivity contribution is 0.654. The summed E-state index contributed by atoms with van der Waals surface area (Å²) in [5.41, 5.74) is 4.59. The van der Waals surface area contributed by atoms with Crippen molar-refractivity contribution in [3.63, 3.8) is 0 Å². The van der Waals surface area contributed by atoms with Crippen LogP contribution in [-0.2, 0) is 13.1 Å². The molecule has 2 N–H and O–H groups in total. The molecule has 4 nitrogen and oxygen atoms in total. The average Bonchev–Trinajstić information content (AvgIpc) is 3.20. The van der Waals surface area contributed by atoms with Crippen LogP contribution in [0.2, 0.25) is 0 Å². The maximum absolute atomic E-state index is 5.24. The molecule has 256 valence electrons. The van der Waals surface area contributed by atoms with Crippen LogP contribution in [-0.4, -0.2) is 24.2 Å². The number of nitrogens with zero attached hydrogens (tertiary/aromatic N) is 2. The summed E-state index contributed by atoms with van der Waals surface area (Å²) in [7, 11) is -1.62. The average molecular weight is 705 g/mol. The van der Waals surface area contributed by atoms with Gasteiger partial charge < -0.3 is 10.6 Å². The monoisotopic (exact) mass is 704 g/mol. The Hall–Kier alpha value is -4.88. The number of benzene rings is 6. The molecule has 0 saturated carbocycles. The van der Waals surface area contributed by atoms with E-state index in [1.807, 2.05) is 0 Å². The molecule has 0 fully saturated rings. The van der Waals surface area contributed by atoms with Gasteiger partial charge in [-0.1, -0.05) is 182 Å². The summed E-state index contributed by atoms with van der Waals surface area (Å²) in [6.07, 6.45) is 3.21. The van der Waals surface area contributed by atoms with E-state index in [9.17, 15) is 0 Å². The van der Waals surface area contributed by atoms with Crippen molar-refractivity contribution in [2.75, 3.05) is 13.1 Å². The second-order valence-corrected chi connectivity index (χ2v) is 16.4. The van der Waals surface area contributed by atoms with E-state index in [0.717, 1.165) is 43.5 Å². The van der Waals surface area contributed by atoms with Gasteiger partial charge in [-0.05, 0) is 51.6 Å². The number of rotatable bonds is 16. The predicted octanol–water partition coefficient (Wildman–Crippen LogP) is 8.71. The minimum absolute atomic E-state index is 0.655. The van der Waals surface area contributed by atoms with Crippen LogP contribution in [0.4, 0.5) is 0 Å². The van der Waals surface area contributed by atoms with Crippen molar-refractivity contribution in [2.24, 2.45) is 9.98 Å². The van der Waals surface area contributed by atoms with Gasteiger partial charge in [0.25, 0.3) is 0 Å². The van der Waals surface area contributed by atoms with Crippen molar-refractivity contribution >= 4 is 48.2 Å². The van der Waals surface area contributed by atoms with Crippen LogP contribution in [0.25, 0.3) is 0 Å². The van der Waals surface area contributed by atoms with Gasteiger partial charge in [0, 0.05) is 28.9 Å². The molecule has 0 aliphatic heterocycles. The zero-order valence-corrected chi connectivity index (χ0v) is 30.8. The largest absolute Gasteiger partial charge is 0.370 e. The van der Waals surface area contributed by atoms with Gasteiger partial charge in [-0.3, -0.25) is 9.98 Å². The second-order valence-electron chi connectivity index (χ2n) is 12.2. The number of hydrogen-bond donors (Lipinski definition) is 2. The first kappa shape index (κ1) is 35.9. The lowest BCUT2D eigenvalue weighted by Crippen LogP contribution is -2.31. The number of amidine groups is 2. The Morgan fingerprint density at radius 1 is 0.353 bits per heavy atom. The van der Waals surface area contributed by atoms with E-state index in [1.54, 1.807) is 0 Å². The molecular weight excluding hydrogens is 658 g/mol. The maximum atomic E-state index is 5.24. The van der Waals surface area contributed by atoms with Crippen LogP contribution in [0, 0.1) is 0 Å². The summed E-state index contributed by atoms with van der Waals surface area (Å²) in [5, 5.41) is 12.9. The summed E-state index contributed by atoms with van der Waals surface area (Å²) in [4.78, 5) is 10.5. The molecule has 0 bridgehead atoms. The zero-order valence-electron chi connectivity index (χ0n) is 29.1. The second kappa shape index (κ2) is 20.1. The third kappa shape index (κ3) is 11.1. The Morgan fingerprint density at radius 2 is 0.627 bits per heavy atom. The van der Waals surface area contributed by atoms with E-state index in [0.29, 0.717) is 13.1 Å². The van der Waals surface area contributed by atoms with Gasteiger partial charge in [-0.15, -0.1) is 0 Å². The Kier molecular flexibility index (Phi) is 14.2. The fourth-order valence-electron chi connectivity index (χ4n) is 5.83. The van der Waals surface area contributed by atoms with Gasteiger partial charge in [0.15, 0.2) is 0 Å². The molecule has 6 aromatic carbocycles. The zero-order chi connectivity index (χ0) is 34.8. The first-order valence-electron chi connectivity index (χ1n) is 17.8. The highest BCUT2D eigenvalue weighted by molar-refractivity contribution is 7.88. The Morgan fingerprint density at radius 3 is 0.922 bits per heavy atom. The van der Waals surface area contributed by atoms with Gasteiger partial charge in [-0.2, -0.15) is 0 Å². The Balaban J connectivity index is 1.12. The van der Waals surface area contributed by atoms with Gasteiger partial charge in [0.1, 0.15) is 11.2 Å². The molecule has 51 heavy (non-hydrogen) atoms. The normalized spacial score (nSPS) is 11.9. The van der Waals surface area contributed by atoms with E-state index in [-0.39, 0.29) is 0 Å². The highest BCUT2D eigenvalue weighted by atomic mass is 31.1. The molecule has 0 radical (unpaired) electrons. The fraction of sp³-hybridized carbons (Fsp3) is 0.156. The predicted molar refractivity (Wildman–Crippen MR) is 223 cm³/mol. The lowest BCUT2D eigenvalue weighted by atomic mass is 10.2. The van der Waals surface area contributed by atoms with Gasteiger partial charge >= 0.3 is 0 Å². The highest BCUT2D eigenvalue weighted by Gasteiger charge is 2.21. The molecule has 0 atom stereocenters. The first-order valence-corrected chi connectivity index (χ1v) is 20.5. The molecule has 6 aromatic rings. The van der Waals surface area contributed by atoms with E-state index in [2.05, 4.69) is 193 Å². The van der Waals surface area contributed by atoms with Crippen LogP contribution in [0.3, 0.4) is 0 Å². The molecule has 0 saturated heterocycles. The van der Waals surface area contributed by atoms with Crippen LogP contribution in [0.1, 0.15) is 30.4 Å². The van der Waals surface area contributed by atoms with Crippen molar-refractivity contribution in [1.29, 1.82) is 0 Å². The minimum Gasteiger partial charge on any atom is -0.370 e. The number of unbranched alkanes of at least 4 members (excludes halogenated alkanes) is 2. The molecule has 0 aliphatic rings. The molecule has 0 unspecified atom stereocenters. The van der Waals surface area contributed by atoms with Crippen LogP contribution >= 0.6 is 15.8 Å². The number of nitrogens with one attached hydrogen (secondary N) is 2. The van der Waals surface area contributed by atoms with Crippen molar-refractivity contribution in [2.45, 2.75) is 32.4 Å². The number of hydrogen-bond acceptors (Lipinski definition) is 2. The van der Waals surface area contributed by atoms with Crippen molar-refractivity contribution in [1.82, 2.24) is 10.6 Å². The number of aliphatic imine (C=N–C) groups is 2. The van der Waals surface area contributed by atoms with Crippen LogP contribution in [0.5, 0.6) is 0 Å². The molecule has 0 aliphatic carbocycles. The molecule has 0 amide bonds. The molecular formula is C45H46N4P2. The minimum atomic E-state index is -0.809. The molecule has 0 heterocycles. The van der Waals surface area contributed by atoms with Crippen LogP contribution < -0.4 is 31.9 Å². The SMILES string of the molecule is c1ccc(C/N=C(/NCCCCCN/C(=N/Cc2ccccc2)P(c2ccccc2)c2ccccc2)P(c2ccccc2)c2ccccc2)cc1. The van der Waals surface area contributed by atoms with E-state index < -0.39 is 15.8 Å². The van der Waals surface area contributed by atoms with Gasteiger partial charge in [0.05, 0.1) is 13.1 Å². The molecule has 0 spiro atoms. The van der Waals surface area contributed by atoms with E-state index in [1.165, 1.54) is 32.3 Å². The standard InChI is InChI=1S/C45H46N4P2/c1-8-22-38(23-9-1)36-48-44(50(40-26-12-3-13-27-40)41-28-14-4-15-29-41)46-34-20-7-21-35-47-45(49-37-39-24-10-2-11-25-39)51(42-30-16-5-17-31-42)43-32-18-6-19-33-43/h1-6,8-19,22-33H,7,20-21,34-37H2,(H,46,48)(H,47,49). The highest BCUT2D eigenvalue weighted by Crippen LogP contribution is 2.36. The fourth-order valence-corrected chi connectivity index (χ4v) is 10.3. The van der Waals surface area contributed by atoms with Gasteiger partial charge in [-0.25, -0.2) is 0 Å². The third-order valence-electron chi connectivity index (χ3n) is 8.41. The topological polar surface area (TPSA) is 48.8 Å². The summed E-state index contributed by atoms with van der Waals surface area (Å²) >= 11 is 0.